The lowest BCUT2D eigenvalue weighted by molar-refractivity contribution is -0.137. The van der Waals surface area contributed by atoms with Crippen molar-refractivity contribution in [1.29, 1.82) is 0 Å². The number of pyridine rings is 1. The number of alkyl halides is 3. The van der Waals surface area contributed by atoms with Gasteiger partial charge in [-0.15, -0.1) is 0 Å². The van der Waals surface area contributed by atoms with Gasteiger partial charge in [0.15, 0.2) is 0 Å². The van der Waals surface area contributed by atoms with Crippen LogP contribution < -0.4 is 20.9 Å². The zero-order valence-electron chi connectivity index (χ0n) is 18.4. The Morgan fingerprint density at radius 2 is 1.70 bits per heavy atom. The number of aromatic nitrogens is 3. The molecule has 0 amide bonds. The molecule has 0 spiro atoms. The molecule has 1 unspecified atom stereocenters. The van der Waals surface area contributed by atoms with Gasteiger partial charge in [-0.2, -0.15) is 18.2 Å². The molecular weight excluding hydrogens is 431 g/mol. The topological polar surface area (TPSA) is 83.2 Å². The minimum Gasteiger partial charge on any atom is -0.399 e. The Morgan fingerprint density at radius 1 is 0.970 bits per heavy atom. The van der Waals surface area contributed by atoms with Crippen LogP contribution in [-0.4, -0.2) is 41.1 Å². The second kappa shape index (κ2) is 8.24. The molecule has 2 aromatic heterocycles. The number of nitrogens with two attached hydrogens (primary N) is 1. The summed E-state index contributed by atoms with van der Waals surface area (Å²) in [4.78, 5) is 18.4. The Hall–Kier alpha value is -3.30. The Kier molecular flexibility index (Phi) is 5.38. The molecular formula is C23H26F3N7. The molecule has 1 atom stereocenters. The van der Waals surface area contributed by atoms with Gasteiger partial charge in [0.25, 0.3) is 0 Å². The van der Waals surface area contributed by atoms with Crippen molar-refractivity contribution in [2.24, 2.45) is 0 Å². The summed E-state index contributed by atoms with van der Waals surface area (Å²) in [6, 6.07) is 5.15. The quantitative estimate of drug-likeness (QED) is 0.542. The standard InChI is InChI=1S/C23H26F3N7/c1-14(15-9-16(23(24,25)26)11-17(27)10-15)29-21-18-12-20(32-5-2-3-6-32)28-13-19(18)30-22(31-21)33-7-4-8-33/h9-14H,2-8,27H2,1H3,(H,29,30,31). The third-order valence-electron chi connectivity index (χ3n) is 6.28. The normalized spacial score (nSPS) is 17.3. The molecule has 3 N–H and O–H groups in total. The predicted octanol–water partition coefficient (Wildman–Crippen LogP) is 4.61. The molecule has 10 heteroatoms. The molecule has 2 fully saturated rings. The van der Waals surface area contributed by atoms with E-state index in [1.54, 1.807) is 19.2 Å². The fourth-order valence-corrected chi connectivity index (χ4v) is 4.27. The second-order valence-electron chi connectivity index (χ2n) is 8.72. The molecule has 33 heavy (non-hydrogen) atoms. The van der Waals surface area contributed by atoms with Crippen molar-refractivity contribution in [3.8, 4) is 0 Å². The maximum absolute atomic E-state index is 13.3. The van der Waals surface area contributed by atoms with Gasteiger partial charge in [-0.1, -0.05) is 0 Å². The molecule has 2 aliphatic heterocycles. The van der Waals surface area contributed by atoms with Gasteiger partial charge in [0.2, 0.25) is 5.95 Å². The van der Waals surface area contributed by atoms with E-state index in [0.717, 1.165) is 68.8 Å². The van der Waals surface area contributed by atoms with Gasteiger partial charge in [0, 0.05) is 37.3 Å². The van der Waals surface area contributed by atoms with E-state index < -0.39 is 17.8 Å². The number of nitrogens with zero attached hydrogens (tertiary/aromatic N) is 5. The summed E-state index contributed by atoms with van der Waals surface area (Å²) < 4.78 is 39.9. The van der Waals surface area contributed by atoms with Crippen molar-refractivity contribution < 1.29 is 13.2 Å². The minimum absolute atomic E-state index is 0.0720. The highest BCUT2D eigenvalue weighted by Gasteiger charge is 2.31. The summed E-state index contributed by atoms with van der Waals surface area (Å²) in [5.74, 6) is 2.04. The number of benzene rings is 1. The van der Waals surface area contributed by atoms with Gasteiger partial charge in [0.05, 0.1) is 23.3 Å². The van der Waals surface area contributed by atoms with Crippen molar-refractivity contribution in [2.75, 3.05) is 47.0 Å². The van der Waals surface area contributed by atoms with Crippen LogP contribution in [0.25, 0.3) is 10.9 Å². The maximum Gasteiger partial charge on any atom is 0.416 e. The summed E-state index contributed by atoms with van der Waals surface area (Å²) in [5, 5.41) is 4.12. The van der Waals surface area contributed by atoms with E-state index in [9.17, 15) is 13.2 Å². The average Bonchev–Trinajstić information content (AvgIpc) is 3.26. The third kappa shape index (κ3) is 4.34. The highest BCUT2D eigenvalue weighted by Crippen LogP contribution is 2.35. The molecule has 2 saturated heterocycles. The van der Waals surface area contributed by atoms with Gasteiger partial charge in [-0.3, -0.25) is 0 Å². The molecule has 2 aliphatic rings. The Bertz CT molecular complexity index is 1170. The third-order valence-corrected chi connectivity index (χ3v) is 6.28. The van der Waals surface area contributed by atoms with Crippen LogP contribution in [0.3, 0.4) is 0 Å². The van der Waals surface area contributed by atoms with Gasteiger partial charge in [-0.05, 0) is 56.0 Å². The number of anilines is 4. The van der Waals surface area contributed by atoms with E-state index in [2.05, 4.69) is 20.1 Å². The smallest absolute Gasteiger partial charge is 0.399 e. The molecule has 0 aliphatic carbocycles. The predicted molar refractivity (Wildman–Crippen MR) is 124 cm³/mol. The lowest BCUT2D eigenvalue weighted by Crippen LogP contribution is -2.38. The first kappa shape index (κ1) is 21.5. The van der Waals surface area contributed by atoms with Crippen LogP contribution in [0.1, 0.15) is 43.4 Å². The summed E-state index contributed by atoms with van der Waals surface area (Å²) in [5.41, 5.74) is 6.23. The molecule has 7 nitrogen and oxygen atoms in total. The average molecular weight is 458 g/mol. The monoisotopic (exact) mass is 457 g/mol. The first-order chi connectivity index (χ1) is 15.8. The van der Waals surface area contributed by atoms with E-state index in [4.69, 9.17) is 15.7 Å². The van der Waals surface area contributed by atoms with Gasteiger partial charge < -0.3 is 20.9 Å². The van der Waals surface area contributed by atoms with Gasteiger partial charge in [0.1, 0.15) is 11.6 Å². The van der Waals surface area contributed by atoms with Crippen LogP contribution in [0, 0.1) is 0 Å². The van der Waals surface area contributed by atoms with E-state index in [1.807, 2.05) is 6.07 Å². The highest BCUT2D eigenvalue weighted by atomic mass is 19.4. The Morgan fingerprint density at radius 3 is 2.36 bits per heavy atom. The number of halogens is 3. The lowest BCUT2D eigenvalue weighted by Gasteiger charge is -2.31. The number of nitrogen functional groups attached to an aromatic ring is 1. The fraction of sp³-hybridized carbons (Fsp3) is 0.435. The van der Waals surface area contributed by atoms with E-state index in [1.165, 1.54) is 0 Å². The summed E-state index contributed by atoms with van der Waals surface area (Å²) in [6.07, 6.45) is 0.626. The van der Waals surface area contributed by atoms with Crippen LogP contribution >= 0.6 is 0 Å². The molecule has 5 rings (SSSR count). The van der Waals surface area contributed by atoms with Crippen molar-refractivity contribution in [1.82, 2.24) is 15.0 Å². The van der Waals surface area contributed by atoms with E-state index >= 15 is 0 Å². The van der Waals surface area contributed by atoms with Crippen LogP contribution in [0.5, 0.6) is 0 Å². The number of rotatable bonds is 5. The van der Waals surface area contributed by atoms with E-state index in [-0.39, 0.29) is 5.69 Å². The zero-order chi connectivity index (χ0) is 23.2. The van der Waals surface area contributed by atoms with Crippen molar-refractivity contribution in [3.05, 3.63) is 41.6 Å². The number of fused-ring (bicyclic) bond motifs is 1. The Balaban J connectivity index is 1.54. The highest BCUT2D eigenvalue weighted by molar-refractivity contribution is 5.91. The molecule has 174 valence electrons. The van der Waals surface area contributed by atoms with Crippen LogP contribution in [0.15, 0.2) is 30.5 Å². The molecule has 0 saturated carbocycles. The first-order valence-electron chi connectivity index (χ1n) is 11.2. The molecule has 0 radical (unpaired) electrons. The van der Waals surface area contributed by atoms with Crippen molar-refractivity contribution in [3.63, 3.8) is 0 Å². The minimum atomic E-state index is -4.47. The van der Waals surface area contributed by atoms with E-state index in [0.29, 0.717) is 22.8 Å². The molecule has 0 bridgehead atoms. The summed E-state index contributed by atoms with van der Waals surface area (Å²) >= 11 is 0. The lowest BCUT2D eigenvalue weighted by atomic mass is 10.0. The largest absolute Gasteiger partial charge is 0.416 e. The van der Waals surface area contributed by atoms with Gasteiger partial charge in [-0.25, -0.2) is 9.97 Å². The number of hydrogen-bond acceptors (Lipinski definition) is 7. The van der Waals surface area contributed by atoms with Crippen molar-refractivity contribution >= 4 is 34.2 Å². The summed E-state index contributed by atoms with van der Waals surface area (Å²) in [6.45, 7) is 5.46. The fourth-order valence-electron chi connectivity index (χ4n) is 4.27. The molecule has 1 aromatic carbocycles. The van der Waals surface area contributed by atoms with Crippen LogP contribution in [0.2, 0.25) is 0 Å². The Labute approximate surface area is 189 Å². The SMILES string of the molecule is CC(Nc1nc(N2CCC2)nc2cnc(N3CCCC3)cc12)c1cc(N)cc(C(F)(F)F)c1. The maximum atomic E-state index is 13.3. The molecule has 4 heterocycles. The first-order valence-corrected chi connectivity index (χ1v) is 11.2. The molecule has 3 aromatic rings. The summed E-state index contributed by atoms with van der Waals surface area (Å²) in [7, 11) is 0. The number of nitrogens with one attached hydrogen (secondary N) is 1. The second-order valence-corrected chi connectivity index (χ2v) is 8.72. The zero-order valence-corrected chi connectivity index (χ0v) is 18.4. The number of hydrogen-bond donors (Lipinski definition) is 2. The van der Waals surface area contributed by atoms with Gasteiger partial charge >= 0.3 is 6.18 Å². The van der Waals surface area contributed by atoms with Crippen LogP contribution in [-0.2, 0) is 6.18 Å². The van der Waals surface area contributed by atoms with Crippen LogP contribution in [0.4, 0.5) is 36.4 Å². The van der Waals surface area contributed by atoms with Crippen molar-refractivity contribution in [2.45, 2.75) is 38.4 Å².